The maximum Gasteiger partial charge on any atom is 0.573 e. The van der Waals surface area contributed by atoms with Gasteiger partial charge in [0.15, 0.2) is 0 Å². The number of nitrogens with two attached hydrogens (primary N) is 1. The molecule has 1 aliphatic carbocycles. The molecular formula is C32H34F9N7O3. The van der Waals surface area contributed by atoms with Crippen LogP contribution < -0.4 is 20.3 Å². The van der Waals surface area contributed by atoms with Gasteiger partial charge in [-0.25, -0.2) is 0 Å². The lowest BCUT2D eigenvalue weighted by Gasteiger charge is -2.45. The largest absolute Gasteiger partial charge is 0.573 e. The van der Waals surface area contributed by atoms with Crippen LogP contribution in [-0.4, -0.2) is 44.4 Å². The van der Waals surface area contributed by atoms with Crippen LogP contribution in [-0.2, 0) is 35.5 Å². The highest BCUT2D eigenvalue weighted by molar-refractivity contribution is 5.97. The molecule has 2 N–H and O–H groups in total. The summed E-state index contributed by atoms with van der Waals surface area (Å²) >= 11 is 0. The summed E-state index contributed by atoms with van der Waals surface area (Å²) in [5.41, 5.74) is 2.05. The van der Waals surface area contributed by atoms with E-state index in [9.17, 15) is 49.1 Å². The Morgan fingerprint density at radius 2 is 1.57 bits per heavy atom. The number of hydrogen-bond acceptors (Lipinski definition) is 7. The van der Waals surface area contributed by atoms with Crippen LogP contribution in [0.3, 0.4) is 0 Å². The molecule has 3 aromatic rings. The molecule has 0 radical (unpaired) electrons. The smallest absolute Gasteiger partial charge is 0.406 e. The standard InChI is InChI=1S/C32H34F9N7O3/c1-3-22-14-26(47(29-43-45-46(2)44-29)16-18-10-20(30(33,34)35)13-21(11-18)31(36,37)38)24-15-23(51-32(39,40)41)8-9-25(24)48(22)28(50)19-6-4-17(5-7-19)12-27(42)49/h8-11,13,15,17,19,22,26H,3-7,12,14,16H2,1-2H3,(H2,42,49)/t17?,19?,22-,26+/m1/s1. The number of tetrazole rings is 1. The fraction of sp³-hybridized carbons (Fsp3) is 0.531. The number of aromatic nitrogens is 4. The second-order valence-electron chi connectivity index (χ2n) is 12.8. The number of primary amides is 1. The molecule has 278 valence electrons. The van der Waals surface area contributed by atoms with Gasteiger partial charge < -0.3 is 20.3 Å². The monoisotopic (exact) mass is 735 g/mol. The van der Waals surface area contributed by atoms with Gasteiger partial charge in [0.25, 0.3) is 5.95 Å². The van der Waals surface area contributed by atoms with Gasteiger partial charge in [-0.05, 0) is 91.6 Å². The minimum Gasteiger partial charge on any atom is -0.406 e. The number of rotatable bonds is 9. The van der Waals surface area contributed by atoms with Crippen LogP contribution in [0.25, 0.3) is 0 Å². The number of nitrogens with zero attached hydrogens (tertiary/aromatic N) is 6. The third kappa shape index (κ3) is 8.84. The van der Waals surface area contributed by atoms with E-state index in [4.69, 9.17) is 5.73 Å². The number of alkyl halides is 9. The molecular weight excluding hydrogens is 701 g/mol. The lowest BCUT2D eigenvalue weighted by molar-refractivity contribution is -0.274. The zero-order valence-corrected chi connectivity index (χ0v) is 27.3. The summed E-state index contributed by atoms with van der Waals surface area (Å²) in [6.07, 6.45) is -12.9. The van der Waals surface area contributed by atoms with E-state index >= 15 is 0 Å². The van der Waals surface area contributed by atoms with Gasteiger partial charge in [-0.15, -0.1) is 18.3 Å². The van der Waals surface area contributed by atoms with Gasteiger partial charge in [0, 0.05) is 36.2 Å². The molecule has 1 aromatic heterocycles. The molecule has 0 unspecified atom stereocenters. The summed E-state index contributed by atoms with van der Waals surface area (Å²) in [6, 6.07) is 2.74. The third-order valence-electron chi connectivity index (χ3n) is 9.24. The predicted octanol–water partition coefficient (Wildman–Crippen LogP) is 7.09. The van der Waals surface area contributed by atoms with Crippen LogP contribution in [0.5, 0.6) is 5.75 Å². The number of benzene rings is 2. The van der Waals surface area contributed by atoms with Crippen molar-refractivity contribution in [2.75, 3.05) is 9.80 Å². The Balaban J connectivity index is 1.61. The van der Waals surface area contributed by atoms with Crippen LogP contribution in [0.15, 0.2) is 36.4 Å². The van der Waals surface area contributed by atoms with E-state index in [-0.39, 0.29) is 47.9 Å². The third-order valence-corrected chi connectivity index (χ3v) is 9.24. The molecule has 0 spiro atoms. The number of carbonyl (C=O) groups is 2. The molecule has 10 nitrogen and oxygen atoms in total. The average molecular weight is 736 g/mol. The molecule has 1 fully saturated rings. The molecule has 2 heterocycles. The zero-order valence-electron chi connectivity index (χ0n) is 27.3. The summed E-state index contributed by atoms with van der Waals surface area (Å²) < 4.78 is 127. The van der Waals surface area contributed by atoms with Crippen molar-refractivity contribution in [3.8, 4) is 5.75 Å². The summed E-state index contributed by atoms with van der Waals surface area (Å²) in [4.78, 5) is 29.4. The summed E-state index contributed by atoms with van der Waals surface area (Å²) in [7, 11) is 1.37. The molecule has 0 saturated heterocycles. The van der Waals surface area contributed by atoms with E-state index in [0.29, 0.717) is 44.2 Å². The second kappa shape index (κ2) is 14.2. The normalized spacial score (nSPS) is 21.3. The van der Waals surface area contributed by atoms with E-state index in [1.165, 1.54) is 22.9 Å². The lowest BCUT2D eigenvalue weighted by atomic mass is 9.78. The maximum absolute atomic E-state index is 14.2. The molecule has 1 saturated carbocycles. The first kappa shape index (κ1) is 37.7. The number of ether oxygens (including phenoxy) is 1. The number of anilines is 2. The first-order chi connectivity index (χ1) is 23.7. The van der Waals surface area contributed by atoms with Crippen molar-refractivity contribution in [1.29, 1.82) is 0 Å². The number of aryl methyl sites for hydroxylation is 1. The van der Waals surface area contributed by atoms with Crippen LogP contribution >= 0.6 is 0 Å². The van der Waals surface area contributed by atoms with E-state index in [2.05, 4.69) is 20.1 Å². The molecule has 2 atom stereocenters. The molecule has 5 rings (SSSR count). The fourth-order valence-electron chi connectivity index (χ4n) is 6.96. The number of halogens is 9. The second-order valence-corrected chi connectivity index (χ2v) is 12.8. The van der Waals surface area contributed by atoms with Crippen LogP contribution in [0.2, 0.25) is 0 Å². The molecule has 2 amide bonds. The van der Waals surface area contributed by atoms with Gasteiger partial charge in [0.05, 0.1) is 24.2 Å². The Hall–Kier alpha value is -4.58. The summed E-state index contributed by atoms with van der Waals surface area (Å²) in [6.45, 7) is 1.12. The van der Waals surface area contributed by atoms with Gasteiger partial charge in [-0.2, -0.15) is 31.1 Å². The highest BCUT2D eigenvalue weighted by Gasteiger charge is 2.43. The minimum atomic E-state index is -5.14. The van der Waals surface area contributed by atoms with Crippen molar-refractivity contribution in [1.82, 2.24) is 20.2 Å². The highest BCUT2D eigenvalue weighted by Crippen LogP contribution is 2.47. The van der Waals surface area contributed by atoms with Crippen molar-refractivity contribution in [3.05, 3.63) is 58.7 Å². The van der Waals surface area contributed by atoms with E-state index < -0.39 is 71.6 Å². The number of amides is 2. The Kier molecular flexibility index (Phi) is 10.5. The van der Waals surface area contributed by atoms with Crippen molar-refractivity contribution in [3.63, 3.8) is 0 Å². The first-order valence-corrected chi connectivity index (χ1v) is 16.0. The Morgan fingerprint density at radius 3 is 2.08 bits per heavy atom. The Bertz CT molecular complexity index is 1700. The Morgan fingerprint density at radius 1 is 0.941 bits per heavy atom. The summed E-state index contributed by atoms with van der Waals surface area (Å²) in [5.74, 6) is -2.13. The van der Waals surface area contributed by atoms with Gasteiger partial charge in [-0.1, -0.05) is 12.0 Å². The van der Waals surface area contributed by atoms with Gasteiger partial charge >= 0.3 is 18.7 Å². The van der Waals surface area contributed by atoms with Gasteiger partial charge in [0.1, 0.15) is 5.75 Å². The number of hydrogen-bond donors (Lipinski definition) is 1. The molecule has 2 aliphatic rings. The van der Waals surface area contributed by atoms with Crippen molar-refractivity contribution in [2.45, 2.75) is 89.2 Å². The minimum absolute atomic E-state index is 0.00960. The quantitative estimate of drug-likeness (QED) is 0.233. The zero-order chi connectivity index (χ0) is 37.5. The lowest BCUT2D eigenvalue weighted by Crippen LogP contribution is -2.50. The maximum atomic E-state index is 14.2. The fourth-order valence-corrected chi connectivity index (χ4v) is 6.96. The predicted molar refractivity (Wildman–Crippen MR) is 163 cm³/mol. The van der Waals surface area contributed by atoms with Crippen LogP contribution in [0.1, 0.15) is 80.2 Å². The molecule has 0 bridgehead atoms. The first-order valence-electron chi connectivity index (χ1n) is 16.0. The highest BCUT2D eigenvalue weighted by atomic mass is 19.4. The number of fused-ring (bicyclic) bond motifs is 1. The topological polar surface area (TPSA) is 119 Å². The Labute approximate surface area is 285 Å². The van der Waals surface area contributed by atoms with Gasteiger partial charge in [0.2, 0.25) is 11.8 Å². The number of carbonyl (C=O) groups excluding carboxylic acids is 2. The van der Waals surface area contributed by atoms with Gasteiger partial charge in [-0.3, -0.25) is 9.59 Å². The molecule has 51 heavy (non-hydrogen) atoms. The van der Waals surface area contributed by atoms with Crippen LogP contribution in [0.4, 0.5) is 51.1 Å². The van der Waals surface area contributed by atoms with Crippen molar-refractivity contribution in [2.24, 2.45) is 24.6 Å². The molecule has 19 heteroatoms. The van der Waals surface area contributed by atoms with Crippen LogP contribution in [0, 0.1) is 11.8 Å². The summed E-state index contributed by atoms with van der Waals surface area (Å²) in [5, 5.41) is 11.8. The molecule has 2 aromatic carbocycles. The van der Waals surface area contributed by atoms with E-state index in [1.54, 1.807) is 6.92 Å². The van der Waals surface area contributed by atoms with E-state index in [0.717, 1.165) is 16.9 Å². The van der Waals surface area contributed by atoms with Crippen molar-refractivity contribution >= 4 is 23.5 Å². The SMILES string of the molecule is CC[C@@H]1C[C@H](N(Cc2cc(C(F)(F)F)cc(C(F)(F)F)c2)c2nnn(C)n2)c2cc(OC(F)(F)F)ccc2N1C(=O)C1CCC(CC(N)=O)CC1. The molecule has 1 aliphatic heterocycles. The van der Waals surface area contributed by atoms with Crippen molar-refractivity contribution < 1.29 is 53.8 Å². The average Bonchev–Trinajstić information content (AvgIpc) is 3.46. The van der Waals surface area contributed by atoms with E-state index in [1.807, 2.05) is 0 Å².